The predicted octanol–water partition coefficient (Wildman–Crippen LogP) is 3.25. The Labute approximate surface area is 80.6 Å². The molecule has 0 radical (unpaired) electrons. The van der Waals surface area contributed by atoms with E-state index in [4.69, 9.17) is 0 Å². The summed E-state index contributed by atoms with van der Waals surface area (Å²) in [5.41, 5.74) is 1.06. The van der Waals surface area contributed by atoms with Gasteiger partial charge >= 0.3 is 0 Å². The van der Waals surface area contributed by atoms with Gasteiger partial charge in [-0.1, -0.05) is 40.2 Å². The second kappa shape index (κ2) is 4.88. The molecule has 0 aliphatic carbocycles. The molecule has 2 heteroatoms. The molecular formula is C10H10BrN. The average Bonchev–Trinajstić information content (AvgIpc) is 2.21. The summed E-state index contributed by atoms with van der Waals surface area (Å²) in [7, 11) is 0. The lowest BCUT2D eigenvalue weighted by Gasteiger charge is -1.91. The Bertz CT molecular complexity index is 281. The molecule has 0 fully saturated rings. The topological polar surface area (TPSA) is 12.9 Å². The zero-order valence-electron chi connectivity index (χ0n) is 6.87. The highest BCUT2D eigenvalue weighted by Crippen LogP contribution is 2.07. The number of para-hydroxylation sites is 1. The van der Waals surface area contributed by atoms with E-state index in [-0.39, 0.29) is 0 Å². The average molecular weight is 224 g/mol. The molecule has 2 aromatic rings. The summed E-state index contributed by atoms with van der Waals surface area (Å²) in [6.07, 6.45) is 1.81. The van der Waals surface area contributed by atoms with Crippen molar-refractivity contribution in [2.45, 2.75) is 0 Å². The number of halogens is 1. The minimum Gasteiger partial charge on any atom is -0.256 e. The van der Waals surface area contributed by atoms with E-state index < -0.39 is 0 Å². The van der Waals surface area contributed by atoms with Gasteiger partial charge in [-0.25, -0.2) is 0 Å². The first-order valence-corrected chi connectivity index (χ1v) is 5.23. The van der Waals surface area contributed by atoms with Gasteiger partial charge < -0.3 is 0 Å². The number of aromatic nitrogens is 1. The minimum absolute atomic E-state index is 1.06. The first-order valence-electron chi connectivity index (χ1n) is 3.64. The van der Waals surface area contributed by atoms with E-state index in [2.05, 4.69) is 33.0 Å². The van der Waals surface area contributed by atoms with Crippen LogP contribution in [0.15, 0.2) is 42.6 Å². The molecule has 0 bridgehead atoms. The maximum atomic E-state index is 4.18. The molecule has 0 N–H and O–H groups in total. The Morgan fingerprint density at radius 3 is 2.42 bits per heavy atom. The standard InChI is InChI=1S/C9H7N.CH3Br/c1-2-6-9-8(4-1)5-3-7-10-9;1-2/h1-7H;1H3. The Balaban J connectivity index is 0.000000336. The van der Waals surface area contributed by atoms with Crippen LogP contribution in [0.4, 0.5) is 0 Å². The van der Waals surface area contributed by atoms with Gasteiger partial charge in [-0.15, -0.1) is 0 Å². The van der Waals surface area contributed by atoms with E-state index in [1.807, 2.05) is 36.3 Å². The maximum Gasteiger partial charge on any atom is 0.0701 e. The summed E-state index contributed by atoms with van der Waals surface area (Å²) in [4.78, 5) is 4.18. The second-order valence-electron chi connectivity index (χ2n) is 2.20. The van der Waals surface area contributed by atoms with E-state index in [0.717, 1.165) is 5.52 Å². The van der Waals surface area contributed by atoms with Crippen molar-refractivity contribution in [1.82, 2.24) is 4.98 Å². The Morgan fingerprint density at radius 2 is 1.67 bits per heavy atom. The highest BCUT2D eigenvalue weighted by molar-refractivity contribution is 9.08. The van der Waals surface area contributed by atoms with Crippen molar-refractivity contribution in [2.75, 3.05) is 5.83 Å². The van der Waals surface area contributed by atoms with Gasteiger partial charge in [0.2, 0.25) is 0 Å². The van der Waals surface area contributed by atoms with Crippen molar-refractivity contribution in [3.63, 3.8) is 0 Å². The number of hydrogen-bond donors (Lipinski definition) is 0. The molecule has 2 rings (SSSR count). The summed E-state index contributed by atoms with van der Waals surface area (Å²) in [6, 6.07) is 12.1. The van der Waals surface area contributed by atoms with Gasteiger partial charge in [-0.05, 0) is 18.0 Å². The monoisotopic (exact) mass is 223 g/mol. The Hall–Kier alpha value is -0.890. The molecule has 0 amide bonds. The van der Waals surface area contributed by atoms with Crippen LogP contribution in [-0.4, -0.2) is 10.8 Å². The fraction of sp³-hybridized carbons (Fsp3) is 0.100. The first-order chi connectivity index (χ1) is 5.97. The Kier molecular flexibility index (Phi) is 3.74. The highest BCUT2D eigenvalue weighted by Gasteiger charge is 1.86. The molecule has 12 heavy (non-hydrogen) atoms. The van der Waals surface area contributed by atoms with Crippen LogP contribution in [0, 0.1) is 0 Å². The fourth-order valence-corrected chi connectivity index (χ4v) is 1.02. The van der Waals surface area contributed by atoms with Gasteiger partial charge in [0.1, 0.15) is 0 Å². The Morgan fingerprint density at radius 1 is 1.00 bits per heavy atom. The molecule has 0 saturated heterocycles. The van der Waals surface area contributed by atoms with Crippen molar-refractivity contribution in [3.05, 3.63) is 42.6 Å². The molecule has 0 spiro atoms. The van der Waals surface area contributed by atoms with Crippen molar-refractivity contribution in [2.24, 2.45) is 0 Å². The number of benzene rings is 1. The smallest absolute Gasteiger partial charge is 0.0701 e. The van der Waals surface area contributed by atoms with Crippen LogP contribution in [-0.2, 0) is 0 Å². The molecular weight excluding hydrogens is 214 g/mol. The predicted molar refractivity (Wildman–Crippen MR) is 56.6 cm³/mol. The number of pyridine rings is 1. The minimum atomic E-state index is 1.06. The lowest BCUT2D eigenvalue weighted by molar-refractivity contribution is 1.41. The number of hydrogen-bond acceptors (Lipinski definition) is 1. The molecule has 1 aromatic carbocycles. The largest absolute Gasteiger partial charge is 0.256 e. The summed E-state index contributed by atoms with van der Waals surface area (Å²) in [6.45, 7) is 0. The molecule has 0 saturated carbocycles. The molecule has 0 aliphatic rings. The van der Waals surface area contributed by atoms with Crippen LogP contribution in [0.5, 0.6) is 0 Å². The third kappa shape index (κ3) is 2.05. The molecule has 62 valence electrons. The van der Waals surface area contributed by atoms with Gasteiger partial charge in [0.15, 0.2) is 0 Å². The molecule has 1 heterocycles. The number of rotatable bonds is 0. The van der Waals surface area contributed by atoms with Gasteiger partial charge in [0, 0.05) is 11.6 Å². The number of fused-ring (bicyclic) bond motifs is 1. The third-order valence-electron chi connectivity index (χ3n) is 1.51. The van der Waals surface area contributed by atoms with Crippen molar-refractivity contribution in [3.8, 4) is 0 Å². The lowest BCUT2D eigenvalue weighted by atomic mass is 10.2. The zero-order chi connectivity index (χ0) is 8.81. The van der Waals surface area contributed by atoms with Crippen LogP contribution in [0.3, 0.4) is 0 Å². The van der Waals surface area contributed by atoms with E-state index in [1.54, 1.807) is 0 Å². The van der Waals surface area contributed by atoms with Crippen LogP contribution in [0.1, 0.15) is 0 Å². The maximum absolute atomic E-state index is 4.18. The molecule has 0 aliphatic heterocycles. The van der Waals surface area contributed by atoms with E-state index in [9.17, 15) is 0 Å². The third-order valence-corrected chi connectivity index (χ3v) is 1.51. The van der Waals surface area contributed by atoms with Gasteiger partial charge in [0.25, 0.3) is 0 Å². The van der Waals surface area contributed by atoms with Crippen molar-refractivity contribution < 1.29 is 0 Å². The zero-order valence-corrected chi connectivity index (χ0v) is 8.45. The lowest BCUT2D eigenvalue weighted by Crippen LogP contribution is -1.73. The molecule has 0 unspecified atom stereocenters. The molecule has 1 aromatic heterocycles. The summed E-state index contributed by atoms with van der Waals surface area (Å²) >= 11 is 2.94. The quantitative estimate of drug-likeness (QED) is 0.626. The van der Waals surface area contributed by atoms with Crippen LogP contribution in [0.2, 0.25) is 0 Å². The van der Waals surface area contributed by atoms with Gasteiger partial charge in [0.05, 0.1) is 5.52 Å². The number of alkyl halides is 1. The first kappa shape index (κ1) is 9.20. The normalized spacial score (nSPS) is 8.83. The molecule has 0 atom stereocenters. The van der Waals surface area contributed by atoms with Crippen molar-refractivity contribution >= 4 is 26.8 Å². The van der Waals surface area contributed by atoms with Crippen LogP contribution >= 0.6 is 15.9 Å². The van der Waals surface area contributed by atoms with Crippen LogP contribution < -0.4 is 0 Å². The highest BCUT2D eigenvalue weighted by atomic mass is 79.9. The fourth-order valence-electron chi connectivity index (χ4n) is 1.02. The summed E-state index contributed by atoms with van der Waals surface area (Å²) in [5.74, 6) is 1.81. The van der Waals surface area contributed by atoms with E-state index >= 15 is 0 Å². The molecule has 1 nitrogen and oxygen atoms in total. The summed E-state index contributed by atoms with van der Waals surface area (Å²) < 4.78 is 0. The van der Waals surface area contributed by atoms with Crippen molar-refractivity contribution in [1.29, 1.82) is 0 Å². The van der Waals surface area contributed by atoms with Gasteiger partial charge in [-0.2, -0.15) is 0 Å². The van der Waals surface area contributed by atoms with E-state index in [1.165, 1.54) is 5.39 Å². The second-order valence-corrected chi connectivity index (χ2v) is 2.20. The SMILES string of the molecule is CBr.c1ccc2ncccc2c1. The van der Waals surface area contributed by atoms with Gasteiger partial charge in [-0.3, -0.25) is 4.98 Å². The van der Waals surface area contributed by atoms with Crippen LogP contribution in [0.25, 0.3) is 10.9 Å². The van der Waals surface area contributed by atoms with E-state index in [0.29, 0.717) is 0 Å². The summed E-state index contributed by atoms with van der Waals surface area (Å²) in [5, 5.41) is 1.20. The number of nitrogens with zero attached hydrogens (tertiary/aromatic N) is 1.